The molecule has 0 spiro atoms. The Morgan fingerprint density at radius 3 is 2.52 bits per heavy atom. The third-order valence-electron chi connectivity index (χ3n) is 4.61. The van der Waals surface area contributed by atoms with Crippen molar-refractivity contribution in [3.05, 3.63) is 70.0 Å². The Morgan fingerprint density at radius 1 is 1.04 bits per heavy atom. The number of carbonyl (C=O) groups excluding carboxylic acids is 1. The molecular formula is C20H19BrN4OS. The molecule has 2 aromatic heterocycles. The van der Waals surface area contributed by atoms with Gasteiger partial charge in [0.15, 0.2) is 0 Å². The van der Waals surface area contributed by atoms with E-state index in [0.717, 1.165) is 37.2 Å². The van der Waals surface area contributed by atoms with Crippen molar-refractivity contribution in [2.24, 2.45) is 0 Å². The van der Waals surface area contributed by atoms with Gasteiger partial charge in [-0.1, -0.05) is 28.1 Å². The number of nitrogens with zero attached hydrogens (tertiary/aromatic N) is 4. The Bertz CT molecular complexity index is 905. The van der Waals surface area contributed by atoms with Crippen molar-refractivity contribution in [2.45, 2.75) is 6.54 Å². The normalized spacial score (nSPS) is 15.1. The Morgan fingerprint density at radius 2 is 1.81 bits per heavy atom. The van der Waals surface area contributed by atoms with Crippen LogP contribution in [0.15, 0.2) is 59.5 Å². The minimum absolute atomic E-state index is 0.0311. The number of benzene rings is 1. The highest BCUT2D eigenvalue weighted by atomic mass is 79.9. The first kappa shape index (κ1) is 18.3. The Kier molecular flexibility index (Phi) is 5.61. The third-order valence-corrected chi connectivity index (χ3v) is 6.26. The number of rotatable bonds is 4. The van der Waals surface area contributed by atoms with Crippen LogP contribution in [0.2, 0.25) is 0 Å². The molecule has 0 saturated carbocycles. The molecule has 1 saturated heterocycles. The maximum atomic E-state index is 12.5. The summed E-state index contributed by atoms with van der Waals surface area (Å²) in [7, 11) is 0. The summed E-state index contributed by atoms with van der Waals surface area (Å²) in [5.41, 5.74) is 1.66. The molecule has 0 aliphatic carbocycles. The number of carbonyl (C=O) groups is 1. The van der Waals surface area contributed by atoms with E-state index in [9.17, 15) is 4.79 Å². The van der Waals surface area contributed by atoms with E-state index in [0.29, 0.717) is 5.69 Å². The number of hydrogen-bond donors (Lipinski definition) is 0. The van der Waals surface area contributed by atoms with Crippen molar-refractivity contribution in [3.8, 4) is 10.4 Å². The molecular weight excluding hydrogens is 424 g/mol. The van der Waals surface area contributed by atoms with Crippen LogP contribution >= 0.6 is 27.3 Å². The fourth-order valence-electron chi connectivity index (χ4n) is 3.13. The summed E-state index contributed by atoms with van der Waals surface area (Å²) in [6.45, 7) is 4.12. The summed E-state index contributed by atoms with van der Waals surface area (Å²) in [4.78, 5) is 27.4. The molecule has 1 fully saturated rings. The molecule has 5 nitrogen and oxygen atoms in total. The van der Waals surface area contributed by atoms with Crippen molar-refractivity contribution >= 4 is 33.2 Å². The van der Waals surface area contributed by atoms with Crippen LogP contribution in [-0.4, -0.2) is 51.9 Å². The van der Waals surface area contributed by atoms with Crippen molar-refractivity contribution in [1.29, 1.82) is 0 Å². The lowest BCUT2D eigenvalue weighted by Crippen LogP contribution is -2.48. The zero-order valence-corrected chi connectivity index (χ0v) is 17.1. The summed E-state index contributed by atoms with van der Waals surface area (Å²) < 4.78 is 1.09. The monoisotopic (exact) mass is 442 g/mol. The quantitative estimate of drug-likeness (QED) is 0.614. The van der Waals surface area contributed by atoms with Gasteiger partial charge in [0.1, 0.15) is 5.69 Å². The van der Waals surface area contributed by atoms with E-state index < -0.39 is 0 Å². The molecule has 4 rings (SSSR count). The van der Waals surface area contributed by atoms with Crippen LogP contribution in [0, 0.1) is 0 Å². The van der Waals surface area contributed by atoms with Crippen LogP contribution in [0.4, 0.5) is 0 Å². The third kappa shape index (κ3) is 4.43. The smallest absolute Gasteiger partial charge is 0.274 e. The van der Waals surface area contributed by atoms with Gasteiger partial charge in [-0.3, -0.25) is 14.7 Å². The average molecular weight is 443 g/mol. The largest absolute Gasteiger partial charge is 0.335 e. The molecule has 0 radical (unpaired) electrons. The molecule has 7 heteroatoms. The lowest BCUT2D eigenvalue weighted by Gasteiger charge is -2.34. The highest BCUT2D eigenvalue weighted by Gasteiger charge is 2.23. The standard InChI is InChI=1S/C20H19BrN4OS/c21-16-3-1-15(2-4-16)19-6-5-17(27-19)14-24-9-11-25(12-10-24)20(26)18-13-22-7-8-23-18/h1-8,13H,9-12,14H2. The summed E-state index contributed by atoms with van der Waals surface area (Å²) in [6, 6.07) is 12.8. The summed E-state index contributed by atoms with van der Waals surface area (Å²) in [5.74, 6) is -0.0311. The predicted octanol–water partition coefficient (Wildman–Crippen LogP) is 3.93. The second-order valence-electron chi connectivity index (χ2n) is 6.43. The van der Waals surface area contributed by atoms with E-state index in [2.05, 4.69) is 67.2 Å². The van der Waals surface area contributed by atoms with Gasteiger partial charge in [0, 0.05) is 59.3 Å². The van der Waals surface area contributed by atoms with E-state index in [4.69, 9.17) is 0 Å². The van der Waals surface area contributed by atoms with Crippen LogP contribution in [-0.2, 0) is 6.54 Å². The fourth-order valence-corrected chi connectivity index (χ4v) is 4.45. The number of halogens is 1. The average Bonchev–Trinajstić information content (AvgIpc) is 3.18. The van der Waals surface area contributed by atoms with E-state index >= 15 is 0 Å². The summed E-state index contributed by atoms with van der Waals surface area (Å²) in [5, 5.41) is 0. The van der Waals surface area contributed by atoms with Crippen molar-refractivity contribution < 1.29 is 4.79 Å². The van der Waals surface area contributed by atoms with Crippen LogP contribution in [0.1, 0.15) is 15.4 Å². The minimum atomic E-state index is -0.0311. The van der Waals surface area contributed by atoms with Gasteiger partial charge < -0.3 is 4.90 Å². The van der Waals surface area contributed by atoms with Gasteiger partial charge in [0.05, 0.1) is 6.20 Å². The van der Waals surface area contributed by atoms with Gasteiger partial charge in [-0.05, 0) is 29.8 Å². The van der Waals surface area contributed by atoms with E-state index in [-0.39, 0.29) is 5.91 Å². The molecule has 3 aromatic rings. The van der Waals surface area contributed by atoms with Gasteiger partial charge in [-0.15, -0.1) is 11.3 Å². The highest BCUT2D eigenvalue weighted by Crippen LogP contribution is 2.30. The van der Waals surface area contributed by atoms with Crippen LogP contribution in [0.5, 0.6) is 0 Å². The van der Waals surface area contributed by atoms with Gasteiger partial charge in [-0.25, -0.2) is 4.98 Å². The number of thiophene rings is 1. The first-order valence-corrected chi connectivity index (χ1v) is 10.4. The van der Waals surface area contributed by atoms with Crippen molar-refractivity contribution in [3.63, 3.8) is 0 Å². The molecule has 0 unspecified atom stereocenters. The van der Waals surface area contributed by atoms with Gasteiger partial charge in [0.2, 0.25) is 0 Å². The van der Waals surface area contributed by atoms with Crippen molar-refractivity contribution in [1.82, 2.24) is 19.8 Å². The summed E-state index contributed by atoms with van der Waals surface area (Å²) >= 11 is 5.31. The fraction of sp³-hybridized carbons (Fsp3) is 0.250. The molecule has 138 valence electrons. The molecule has 0 N–H and O–H groups in total. The number of hydrogen-bond acceptors (Lipinski definition) is 5. The summed E-state index contributed by atoms with van der Waals surface area (Å²) in [6.07, 6.45) is 4.67. The Labute approximate surface area is 170 Å². The first-order valence-electron chi connectivity index (χ1n) is 8.81. The molecule has 3 heterocycles. The first-order chi connectivity index (χ1) is 13.2. The van der Waals surface area contributed by atoms with Gasteiger partial charge in [0.25, 0.3) is 5.91 Å². The van der Waals surface area contributed by atoms with Crippen molar-refractivity contribution in [2.75, 3.05) is 26.2 Å². The predicted molar refractivity (Wildman–Crippen MR) is 111 cm³/mol. The van der Waals surface area contributed by atoms with Gasteiger partial charge >= 0.3 is 0 Å². The minimum Gasteiger partial charge on any atom is -0.335 e. The number of aromatic nitrogens is 2. The van der Waals surface area contributed by atoms with E-state index in [1.54, 1.807) is 12.4 Å². The van der Waals surface area contributed by atoms with Crippen LogP contribution in [0.3, 0.4) is 0 Å². The molecule has 1 amide bonds. The zero-order chi connectivity index (χ0) is 18.6. The van der Waals surface area contributed by atoms with E-state index in [1.807, 2.05) is 16.2 Å². The molecule has 0 bridgehead atoms. The number of amides is 1. The molecule has 1 aromatic carbocycles. The molecule has 1 aliphatic heterocycles. The second-order valence-corrected chi connectivity index (χ2v) is 8.52. The maximum absolute atomic E-state index is 12.5. The van der Waals surface area contributed by atoms with E-state index in [1.165, 1.54) is 21.5 Å². The Balaban J connectivity index is 1.33. The zero-order valence-electron chi connectivity index (χ0n) is 14.7. The van der Waals surface area contributed by atoms with Crippen LogP contribution < -0.4 is 0 Å². The SMILES string of the molecule is O=C(c1cnccn1)N1CCN(Cc2ccc(-c3ccc(Br)cc3)s2)CC1. The number of piperazine rings is 1. The lowest BCUT2D eigenvalue weighted by atomic mass is 10.2. The maximum Gasteiger partial charge on any atom is 0.274 e. The van der Waals surface area contributed by atoms with Gasteiger partial charge in [-0.2, -0.15) is 0 Å². The molecule has 0 atom stereocenters. The lowest BCUT2D eigenvalue weighted by molar-refractivity contribution is 0.0623. The molecule has 27 heavy (non-hydrogen) atoms. The van der Waals surface area contributed by atoms with Crippen LogP contribution in [0.25, 0.3) is 10.4 Å². The second kappa shape index (κ2) is 8.29. The Hall–Kier alpha value is -2.09. The highest BCUT2D eigenvalue weighted by molar-refractivity contribution is 9.10. The topological polar surface area (TPSA) is 49.3 Å². The molecule has 1 aliphatic rings.